The van der Waals surface area contributed by atoms with E-state index in [0.717, 1.165) is 23.5 Å². The number of phenols is 1. The number of carbonyl (C=O) groups is 1. The monoisotopic (exact) mass is 319 g/mol. The van der Waals surface area contributed by atoms with Crippen LogP contribution in [0.4, 0.5) is 4.39 Å². The van der Waals surface area contributed by atoms with Gasteiger partial charge >= 0.3 is 0 Å². The average Bonchev–Trinajstić information content (AvgIpc) is 3.08. The Bertz CT molecular complexity index is 731. The minimum Gasteiger partial charge on any atom is -0.505 e. The number of β-amino-alcohol motifs (C(OH)–C–C–N with tert-alkyl or cyclic N) is 1. The Kier molecular flexibility index (Phi) is 4.04. The number of nitrogens with one attached hydrogen (secondary N) is 1. The third kappa shape index (κ3) is 3.19. The Balaban J connectivity index is 1.69. The van der Waals surface area contributed by atoms with Crippen LogP contribution in [0.1, 0.15) is 21.7 Å². The number of aryl methyl sites for hydroxylation is 1. The van der Waals surface area contributed by atoms with Gasteiger partial charge < -0.3 is 15.1 Å². The number of aromatic nitrogens is 2. The first-order valence-corrected chi connectivity index (χ1v) is 7.41. The lowest BCUT2D eigenvalue weighted by Crippen LogP contribution is -2.29. The summed E-state index contributed by atoms with van der Waals surface area (Å²) in [5, 5.41) is 26.6. The third-order valence-electron chi connectivity index (χ3n) is 4.12. The molecule has 2 aromatic rings. The fourth-order valence-electron chi connectivity index (χ4n) is 2.90. The van der Waals surface area contributed by atoms with Gasteiger partial charge in [-0.3, -0.25) is 9.89 Å². The molecule has 2 heterocycles. The molecule has 1 saturated heterocycles. The topological polar surface area (TPSA) is 89.5 Å². The molecule has 2 atom stereocenters. The van der Waals surface area contributed by atoms with Crippen LogP contribution in [0.25, 0.3) is 0 Å². The summed E-state index contributed by atoms with van der Waals surface area (Å²) < 4.78 is 13.1. The molecule has 0 unspecified atom stereocenters. The summed E-state index contributed by atoms with van der Waals surface area (Å²) in [5.74, 6) is -1.76. The van der Waals surface area contributed by atoms with E-state index in [1.54, 1.807) is 0 Å². The summed E-state index contributed by atoms with van der Waals surface area (Å²) in [5.41, 5.74) is 2.00. The van der Waals surface area contributed by atoms with Crippen LogP contribution >= 0.6 is 0 Å². The Hall–Kier alpha value is -2.41. The van der Waals surface area contributed by atoms with Crippen molar-refractivity contribution in [2.75, 3.05) is 13.1 Å². The summed E-state index contributed by atoms with van der Waals surface area (Å²) in [6.07, 6.45) is -0.0609. The molecule has 1 aliphatic rings. The van der Waals surface area contributed by atoms with E-state index in [4.69, 9.17) is 0 Å². The van der Waals surface area contributed by atoms with Gasteiger partial charge in [-0.1, -0.05) is 0 Å². The number of H-pyrrole nitrogens is 1. The number of phenolic OH excluding ortho intramolecular Hbond substituents is 1. The molecule has 0 radical (unpaired) electrons. The molecule has 1 aromatic carbocycles. The van der Waals surface area contributed by atoms with E-state index >= 15 is 0 Å². The molecular weight excluding hydrogens is 301 g/mol. The van der Waals surface area contributed by atoms with Crippen LogP contribution < -0.4 is 0 Å². The summed E-state index contributed by atoms with van der Waals surface area (Å²) in [6, 6.07) is 5.40. The minimum atomic E-state index is -0.769. The first kappa shape index (κ1) is 15.5. The average molecular weight is 319 g/mol. The van der Waals surface area contributed by atoms with Crippen LogP contribution in [-0.4, -0.2) is 50.4 Å². The van der Waals surface area contributed by atoms with Gasteiger partial charge in [0.15, 0.2) is 11.6 Å². The van der Waals surface area contributed by atoms with Crippen LogP contribution in [0.5, 0.6) is 5.75 Å². The van der Waals surface area contributed by atoms with Gasteiger partial charge in [0.25, 0.3) is 5.91 Å². The predicted molar refractivity (Wildman–Crippen MR) is 80.5 cm³/mol. The lowest BCUT2D eigenvalue weighted by Gasteiger charge is -2.16. The summed E-state index contributed by atoms with van der Waals surface area (Å²) in [6.45, 7) is 2.51. The predicted octanol–water partition coefficient (Wildman–Crippen LogP) is 1.24. The van der Waals surface area contributed by atoms with E-state index in [1.165, 1.54) is 11.0 Å². The number of likely N-dealkylation sites (tertiary alicyclic amines) is 1. The van der Waals surface area contributed by atoms with Crippen molar-refractivity contribution in [3.63, 3.8) is 0 Å². The summed E-state index contributed by atoms with van der Waals surface area (Å²) >= 11 is 0. The number of benzene rings is 1. The zero-order chi connectivity index (χ0) is 16.6. The highest BCUT2D eigenvalue weighted by Gasteiger charge is 2.34. The zero-order valence-corrected chi connectivity index (χ0v) is 12.7. The number of aliphatic hydroxyl groups is 1. The highest BCUT2D eigenvalue weighted by Crippen LogP contribution is 2.24. The van der Waals surface area contributed by atoms with Gasteiger partial charge in [0.05, 0.1) is 11.8 Å². The van der Waals surface area contributed by atoms with Gasteiger partial charge in [0, 0.05) is 30.3 Å². The summed E-state index contributed by atoms with van der Waals surface area (Å²) in [4.78, 5) is 13.9. The highest BCUT2D eigenvalue weighted by atomic mass is 19.1. The summed E-state index contributed by atoms with van der Waals surface area (Å²) in [7, 11) is 0. The molecule has 0 saturated carbocycles. The number of aromatic amines is 1. The van der Waals surface area contributed by atoms with Crippen LogP contribution in [0, 0.1) is 18.7 Å². The highest BCUT2D eigenvalue weighted by molar-refractivity contribution is 5.94. The first-order chi connectivity index (χ1) is 10.9. The molecule has 0 aliphatic carbocycles. The quantitative estimate of drug-likeness (QED) is 0.794. The minimum absolute atomic E-state index is 0.101. The van der Waals surface area contributed by atoms with Crippen LogP contribution in [-0.2, 0) is 6.42 Å². The Labute approximate surface area is 132 Å². The van der Waals surface area contributed by atoms with E-state index in [-0.39, 0.29) is 23.9 Å². The number of hydrogen-bond acceptors (Lipinski definition) is 4. The van der Waals surface area contributed by atoms with Crippen molar-refractivity contribution >= 4 is 5.91 Å². The second kappa shape index (κ2) is 6.00. The molecule has 23 heavy (non-hydrogen) atoms. The van der Waals surface area contributed by atoms with E-state index in [0.29, 0.717) is 13.0 Å². The smallest absolute Gasteiger partial charge is 0.254 e. The molecule has 7 heteroatoms. The number of aromatic hydroxyl groups is 1. The van der Waals surface area contributed by atoms with Crippen molar-refractivity contribution in [2.24, 2.45) is 5.92 Å². The standard InChI is InChI=1S/C16H18FN3O3/c1-9-4-12(19-18-9)5-11-7-20(8-15(11)22)16(23)10-2-3-13(17)14(21)6-10/h2-4,6,11,15,21-22H,5,7-8H2,1H3,(H,18,19)/t11-,15-/m1/s1. The van der Waals surface area contributed by atoms with Crippen LogP contribution in [0.2, 0.25) is 0 Å². The second-order valence-corrected chi connectivity index (χ2v) is 5.95. The molecular formula is C16H18FN3O3. The molecule has 1 aromatic heterocycles. The maximum absolute atomic E-state index is 13.1. The van der Waals surface area contributed by atoms with Crippen molar-refractivity contribution in [1.29, 1.82) is 0 Å². The molecule has 122 valence electrons. The molecule has 3 rings (SSSR count). The van der Waals surface area contributed by atoms with Gasteiger partial charge in [0.2, 0.25) is 0 Å². The molecule has 1 amide bonds. The Morgan fingerprint density at radius 1 is 1.43 bits per heavy atom. The van der Waals surface area contributed by atoms with Gasteiger partial charge in [-0.25, -0.2) is 4.39 Å². The van der Waals surface area contributed by atoms with Crippen molar-refractivity contribution in [2.45, 2.75) is 19.4 Å². The number of carbonyl (C=O) groups excluding carboxylic acids is 1. The largest absolute Gasteiger partial charge is 0.505 e. The number of amides is 1. The Morgan fingerprint density at radius 3 is 2.87 bits per heavy atom. The van der Waals surface area contributed by atoms with Gasteiger partial charge in [0.1, 0.15) is 0 Å². The lowest BCUT2D eigenvalue weighted by molar-refractivity contribution is 0.0764. The van der Waals surface area contributed by atoms with Gasteiger partial charge in [-0.2, -0.15) is 5.10 Å². The maximum atomic E-state index is 13.1. The van der Waals surface area contributed by atoms with Gasteiger partial charge in [-0.05, 0) is 37.6 Å². The molecule has 0 bridgehead atoms. The number of rotatable bonds is 3. The van der Waals surface area contributed by atoms with E-state index in [2.05, 4.69) is 10.2 Å². The van der Waals surface area contributed by atoms with E-state index < -0.39 is 17.7 Å². The van der Waals surface area contributed by atoms with E-state index in [9.17, 15) is 19.4 Å². The molecule has 0 spiro atoms. The first-order valence-electron chi connectivity index (χ1n) is 7.41. The third-order valence-corrected chi connectivity index (χ3v) is 4.12. The zero-order valence-electron chi connectivity index (χ0n) is 12.7. The maximum Gasteiger partial charge on any atom is 0.254 e. The molecule has 1 fully saturated rings. The van der Waals surface area contributed by atoms with Crippen molar-refractivity contribution in [1.82, 2.24) is 15.1 Å². The van der Waals surface area contributed by atoms with Crippen molar-refractivity contribution in [3.05, 3.63) is 47.0 Å². The fraction of sp³-hybridized carbons (Fsp3) is 0.375. The number of nitrogens with zero attached hydrogens (tertiary/aromatic N) is 2. The second-order valence-electron chi connectivity index (χ2n) is 5.95. The Morgan fingerprint density at radius 2 is 2.22 bits per heavy atom. The van der Waals surface area contributed by atoms with E-state index in [1.807, 2.05) is 13.0 Å². The SMILES string of the molecule is Cc1cc(C[C@@H]2CN(C(=O)c3ccc(F)c(O)c3)C[C@H]2O)n[nH]1. The molecule has 6 nitrogen and oxygen atoms in total. The fourth-order valence-corrected chi connectivity index (χ4v) is 2.90. The number of halogens is 1. The normalized spacial score (nSPS) is 20.9. The lowest BCUT2D eigenvalue weighted by atomic mass is 10.0. The molecule has 3 N–H and O–H groups in total. The van der Waals surface area contributed by atoms with Crippen molar-refractivity contribution in [3.8, 4) is 5.75 Å². The molecule has 1 aliphatic heterocycles. The number of hydrogen-bond donors (Lipinski definition) is 3. The van der Waals surface area contributed by atoms with Crippen molar-refractivity contribution < 1.29 is 19.4 Å². The van der Waals surface area contributed by atoms with Crippen LogP contribution in [0.3, 0.4) is 0 Å². The van der Waals surface area contributed by atoms with Gasteiger partial charge in [-0.15, -0.1) is 0 Å². The van der Waals surface area contributed by atoms with Crippen LogP contribution in [0.15, 0.2) is 24.3 Å². The number of aliphatic hydroxyl groups excluding tert-OH is 1.